The van der Waals surface area contributed by atoms with Gasteiger partial charge in [-0.1, -0.05) is 23.7 Å². The van der Waals surface area contributed by atoms with Crippen molar-refractivity contribution in [3.05, 3.63) is 58.9 Å². The van der Waals surface area contributed by atoms with E-state index in [-0.39, 0.29) is 12.1 Å². The van der Waals surface area contributed by atoms with Gasteiger partial charge in [0.1, 0.15) is 17.5 Å². The van der Waals surface area contributed by atoms with Crippen LogP contribution in [0.2, 0.25) is 5.02 Å². The molecule has 0 spiro atoms. The van der Waals surface area contributed by atoms with Crippen LogP contribution in [0.5, 0.6) is 5.75 Å². The Morgan fingerprint density at radius 1 is 1.25 bits per heavy atom. The summed E-state index contributed by atoms with van der Waals surface area (Å²) in [5.41, 5.74) is 0.983. The first-order valence-corrected chi connectivity index (χ1v) is 7.55. The van der Waals surface area contributed by atoms with Crippen LogP contribution in [0, 0.1) is 0 Å². The summed E-state index contributed by atoms with van der Waals surface area (Å²) in [6.07, 6.45) is 1.74. The molecule has 0 saturated carbocycles. The summed E-state index contributed by atoms with van der Waals surface area (Å²) in [5, 5.41) is 3.06. The van der Waals surface area contributed by atoms with Crippen molar-refractivity contribution in [3.8, 4) is 5.75 Å². The van der Waals surface area contributed by atoms with Gasteiger partial charge in [0.2, 0.25) is 0 Å². The summed E-state index contributed by atoms with van der Waals surface area (Å²) >= 11 is 6.09. The molecule has 0 aliphatic carbocycles. The average molecular weight is 349 g/mol. The standard InChI is InChI=1S/C17H17ClN2O4/c1-23-15-7-6-11(9-12(15)18)10-14(17(22)24-2)20-16(21)13-5-3-4-8-19-13/h3-9,14H,10H2,1-2H3,(H,20,21)/t14-/m1/s1. The van der Waals surface area contributed by atoms with Crippen LogP contribution in [0.25, 0.3) is 0 Å². The van der Waals surface area contributed by atoms with E-state index in [9.17, 15) is 9.59 Å². The predicted molar refractivity (Wildman–Crippen MR) is 89.2 cm³/mol. The van der Waals surface area contributed by atoms with E-state index in [1.165, 1.54) is 20.4 Å². The maximum atomic E-state index is 12.2. The zero-order valence-electron chi connectivity index (χ0n) is 13.3. The normalized spacial score (nSPS) is 11.5. The largest absolute Gasteiger partial charge is 0.495 e. The number of aromatic nitrogens is 1. The van der Waals surface area contributed by atoms with E-state index in [2.05, 4.69) is 10.3 Å². The molecule has 0 unspecified atom stereocenters. The van der Waals surface area contributed by atoms with Crippen LogP contribution >= 0.6 is 11.6 Å². The van der Waals surface area contributed by atoms with Crippen molar-refractivity contribution in [2.24, 2.45) is 0 Å². The van der Waals surface area contributed by atoms with E-state index in [4.69, 9.17) is 21.1 Å². The summed E-state index contributed by atoms with van der Waals surface area (Å²) in [6.45, 7) is 0. The van der Waals surface area contributed by atoms with E-state index < -0.39 is 17.9 Å². The third kappa shape index (κ3) is 4.45. The Kier molecular flexibility index (Phi) is 6.14. The topological polar surface area (TPSA) is 77.5 Å². The van der Waals surface area contributed by atoms with Gasteiger partial charge in [0.25, 0.3) is 5.91 Å². The molecule has 0 bridgehead atoms. The fourth-order valence-electron chi connectivity index (χ4n) is 2.14. The van der Waals surface area contributed by atoms with Gasteiger partial charge >= 0.3 is 5.97 Å². The number of methoxy groups -OCH3 is 2. The van der Waals surface area contributed by atoms with E-state index in [1.807, 2.05) is 0 Å². The Labute approximate surface area is 144 Å². The van der Waals surface area contributed by atoms with Gasteiger partial charge in [0.05, 0.1) is 19.2 Å². The number of rotatable bonds is 6. The molecule has 126 valence electrons. The van der Waals surface area contributed by atoms with Crippen molar-refractivity contribution < 1.29 is 19.1 Å². The van der Waals surface area contributed by atoms with Gasteiger partial charge in [-0.05, 0) is 29.8 Å². The summed E-state index contributed by atoms with van der Waals surface area (Å²) < 4.78 is 9.86. The van der Waals surface area contributed by atoms with Crippen LogP contribution in [0.1, 0.15) is 16.1 Å². The van der Waals surface area contributed by atoms with Gasteiger partial charge in [-0.3, -0.25) is 9.78 Å². The zero-order chi connectivity index (χ0) is 17.5. The summed E-state index contributed by atoms with van der Waals surface area (Å²) in [7, 11) is 2.79. The lowest BCUT2D eigenvalue weighted by Gasteiger charge is -2.17. The maximum Gasteiger partial charge on any atom is 0.328 e. The number of carbonyl (C=O) groups is 2. The van der Waals surface area contributed by atoms with E-state index in [0.717, 1.165) is 5.56 Å². The highest BCUT2D eigenvalue weighted by Gasteiger charge is 2.23. The smallest absolute Gasteiger partial charge is 0.328 e. The fourth-order valence-corrected chi connectivity index (χ4v) is 2.42. The number of ether oxygens (including phenoxy) is 2. The van der Waals surface area contributed by atoms with Crippen LogP contribution in [-0.4, -0.2) is 37.1 Å². The summed E-state index contributed by atoms with van der Waals surface area (Å²) in [6, 6.07) is 9.26. The third-order valence-corrected chi connectivity index (χ3v) is 3.64. The van der Waals surface area contributed by atoms with E-state index in [0.29, 0.717) is 10.8 Å². The van der Waals surface area contributed by atoms with Gasteiger partial charge in [0.15, 0.2) is 0 Å². The number of nitrogens with zero attached hydrogens (tertiary/aromatic N) is 1. The summed E-state index contributed by atoms with van der Waals surface area (Å²) in [4.78, 5) is 28.1. The highest BCUT2D eigenvalue weighted by molar-refractivity contribution is 6.32. The Morgan fingerprint density at radius 2 is 2.04 bits per heavy atom. The number of pyridine rings is 1. The van der Waals surface area contributed by atoms with Gasteiger partial charge in [-0.25, -0.2) is 4.79 Å². The molecule has 0 aliphatic rings. The molecule has 1 atom stereocenters. The van der Waals surface area contributed by atoms with E-state index >= 15 is 0 Å². The number of nitrogens with one attached hydrogen (secondary N) is 1. The zero-order valence-corrected chi connectivity index (χ0v) is 14.0. The molecule has 1 aromatic carbocycles. The Bertz CT molecular complexity index is 722. The molecule has 0 fully saturated rings. The quantitative estimate of drug-likeness (QED) is 0.810. The molecule has 1 heterocycles. The van der Waals surface area contributed by atoms with Crippen molar-refractivity contribution in [1.82, 2.24) is 10.3 Å². The first kappa shape index (κ1) is 17.7. The first-order chi connectivity index (χ1) is 11.5. The van der Waals surface area contributed by atoms with Crippen LogP contribution in [0.3, 0.4) is 0 Å². The minimum atomic E-state index is -0.853. The second-order valence-corrected chi connectivity index (χ2v) is 5.34. The monoisotopic (exact) mass is 348 g/mol. The first-order valence-electron chi connectivity index (χ1n) is 7.17. The molecule has 6 nitrogen and oxygen atoms in total. The number of esters is 1. The average Bonchev–Trinajstić information content (AvgIpc) is 2.61. The Morgan fingerprint density at radius 3 is 2.62 bits per heavy atom. The highest BCUT2D eigenvalue weighted by atomic mass is 35.5. The number of benzene rings is 1. The van der Waals surface area contributed by atoms with Gasteiger partial charge in [-0.2, -0.15) is 0 Å². The molecule has 0 saturated heterocycles. The van der Waals surface area contributed by atoms with Crippen molar-refractivity contribution in [3.63, 3.8) is 0 Å². The van der Waals surface area contributed by atoms with Crippen molar-refractivity contribution in [2.75, 3.05) is 14.2 Å². The van der Waals surface area contributed by atoms with Gasteiger partial charge < -0.3 is 14.8 Å². The predicted octanol–water partition coefficient (Wildman–Crippen LogP) is 2.26. The minimum Gasteiger partial charge on any atom is -0.495 e. The van der Waals surface area contributed by atoms with Gasteiger partial charge in [-0.15, -0.1) is 0 Å². The molecular formula is C17H17ClN2O4. The maximum absolute atomic E-state index is 12.2. The molecule has 24 heavy (non-hydrogen) atoms. The van der Waals surface area contributed by atoms with Crippen LogP contribution < -0.4 is 10.1 Å². The molecule has 2 aromatic rings. The lowest BCUT2D eigenvalue weighted by Crippen LogP contribution is -2.43. The molecule has 1 amide bonds. The van der Waals surface area contributed by atoms with Crippen LogP contribution in [0.15, 0.2) is 42.6 Å². The second kappa shape index (κ2) is 8.31. The van der Waals surface area contributed by atoms with Crippen LogP contribution in [0.4, 0.5) is 0 Å². The third-order valence-electron chi connectivity index (χ3n) is 3.34. The molecule has 1 aromatic heterocycles. The number of amides is 1. The SMILES string of the molecule is COC(=O)[C@@H](Cc1ccc(OC)c(Cl)c1)NC(=O)c1ccccn1. The number of halogens is 1. The van der Waals surface area contributed by atoms with Crippen LogP contribution in [-0.2, 0) is 16.0 Å². The molecule has 1 N–H and O–H groups in total. The fraction of sp³-hybridized carbons (Fsp3) is 0.235. The van der Waals surface area contributed by atoms with Crippen molar-refractivity contribution in [2.45, 2.75) is 12.5 Å². The number of carbonyl (C=O) groups excluding carboxylic acids is 2. The lowest BCUT2D eigenvalue weighted by molar-refractivity contribution is -0.142. The molecule has 0 aliphatic heterocycles. The second-order valence-electron chi connectivity index (χ2n) is 4.94. The van der Waals surface area contributed by atoms with Crippen molar-refractivity contribution in [1.29, 1.82) is 0 Å². The Hall–Kier alpha value is -2.60. The van der Waals surface area contributed by atoms with E-state index in [1.54, 1.807) is 36.4 Å². The Balaban J connectivity index is 2.15. The summed E-state index contributed by atoms with van der Waals surface area (Å²) in [5.74, 6) is -0.468. The van der Waals surface area contributed by atoms with Crippen molar-refractivity contribution >= 4 is 23.5 Å². The number of hydrogen-bond acceptors (Lipinski definition) is 5. The molecular weight excluding hydrogens is 332 g/mol. The van der Waals surface area contributed by atoms with Gasteiger partial charge in [0, 0.05) is 12.6 Å². The lowest BCUT2D eigenvalue weighted by atomic mass is 10.1. The molecule has 0 radical (unpaired) electrons. The molecule has 2 rings (SSSR count). The minimum absolute atomic E-state index is 0.221. The number of hydrogen-bond donors (Lipinski definition) is 1. The molecule has 7 heteroatoms. The highest BCUT2D eigenvalue weighted by Crippen LogP contribution is 2.25.